The Morgan fingerprint density at radius 1 is 1.28 bits per heavy atom. The highest BCUT2D eigenvalue weighted by molar-refractivity contribution is 7.99. The van der Waals surface area contributed by atoms with E-state index in [9.17, 15) is 4.79 Å². The van der Waals surface area contributed by atoms with E-state index in [-0.39, 0.29) is 5.91 Å². The molecule has 2 aliphatic rings. The van der Waals surface area contributed by atoms with E-state index in [1.807, 2.05) is 29.7 Å². The highest BCUT2D eigenvalue weighted by Crippen LogP contribution is 2.36. The first kappa shape index (κ1) is 11.7. The molecule has 96 valence electrons. The molecule has 0 fully saturated rings. The Balaban J connectivity index is 2.05. The number of thioether (sulfide) groups is 1. The van der Waals surface area contributed by atoms with Crippen LogP contribution in [0.3, 0.4) is 0 Å². The molecule has 18 heavy (non-hydrogen) atoms. The van der Waals surface area contributed by atoms with Crippen LogP contribution in [0, 0.1) is 0 Å². The number of carbonyl (C=O) groups is 1. The van der Waals surface area contributed by atoms with Gasteiger partial charge in [-0.1, -0.05) is 0 Å². The SMILES string of the molecule is CCN1CCNc2cc3c(cc2C1=O)NCCS3. The number of carbonyl (C=O) groups excluding carboxylic acids is 1. The second kappa shape index (κ2) is 4.72. The van der Waals surface area contributed by atoms with Gasteiger partial charge in [0.1, 0.15) is 0 Å². The molecule has 5 heteroatoms. The summed E-state index contributed by atoms with van der Waals surface area (Å²) in [5.41, 5.74) is 2.87. The van der Waals surface area contributed by atoms with E-state index >= 15 is 0 Å². The van der Waals surface area contributed by atoms with Crippen molar-refractivity contribution >= 4 is 29.0 Å². The lowest BCUT2D eigenvalue weighted by Gasteiger charge is -2.21. The third-order valence-electron chi connectivity index (χ3n) is 3.39. The smallest absolute Gasteiger partial charge is 0.256 e. The predicted molar refractivity (Wildman–Crippen MR) is 75.7 cm³/mol. The van der Waals surface area contributed by atoms with Crippen LogP contribution in [0.15, 0.2) is 17.0 Å². The molecule has 1 aromatic rings. The fourth-order valence-corrected chi connectivity index (χ4v) is 3.32. The van der Waals surface area contributed by atoms with Gasteiger partial charge >= 0.3 is 0 Å². The first-order valence-electron chi connectivity index (χ1n) is 6.37. The van der Waals surface area contributed by atoms with Crippen molar-refractivity contribution in [3.8, 4) is 0 Å². The highest BCUT2D eigenvalue weighted by Gasteiger charge is 2.23. The maximum atomic E-state index is 12.4. The summed E-state index contributed by atoms with van der Waals surface area (Å²) >= 11 is 1.85. The minimum Gasteiger partial charge on any atom is -0.383 e. The zero-order chi connectivity index (χ0) is 12.5. The van der Waals surface area contributed by atoms with E-state index in [0.717, 1.165) is 48.9 Å². The van der Waals surface area contributed by atoms with E-state index in [1.54, 1.807) is 0 Å². The normalized spacial score (nSPS) is 18.3. The van der Waals surface area contributed by atoms with Crippen LogP contribution in [-0.4, -0.2) is 42.7 Å². The molecule has 1 aromatic carbocycles. The van der Waals surface area contributed by atoms with Crippen molar-refractivity contribution in [1.29, 1.82) is 0 Å². The molecule has 0 spiro atoms. The van der Waals surface area contributed by atoms with Gasteiger partial charge in [0.05, 0.1) is 5.56 Å². The standard InChI is InChI=1S/C13H17N3OS/c1-2-16-5-3-14-10-8-12-11(15-4-6-18-12)7-9(10)13(16)17/h7-8,14-15H,2-6H2,1H3. The number of hydrogen-bond acceptors (Lipinski definition) is 4. The van der Waals surface area contributed by atoms with Crippen molar-refractivity contribution < 1.29 is 4.79 Å². The number of nitrogens with one attached hydrogen (secondary N) is 2. The number of nitrogens with zero attached hydrogens (tertiary/aromatic N) is 1. The van der Waals surface area contributed by atoms with Gasteiger partial charge in [0.2, 0.25) is 0 Å². The fourth-order valence-electron chi connectivity index (χ4n) is 2.41. The summed E-state index contributed by atoms with van der Waals surface area (Å²) in [7, 11) is 0. The number of benzene rings is 1. The largest absolute Gasteiger partial charge is 0.383 e. The maximum absolute atomic E-state index is 12.4. The molecule has 2 aliphatic heterocycles. The molecule has 4 nitrogen and oxygen atoms in total. The van der Waals surface area contributed by atoms with Gasteiger partial charge in [0.15, 0.2) is 0 Å². The van der Waals surface area contributed by atoms with Crippen molar-refractivity contribution in [1.82, 2.24) is 4.90 Å². The summed E-state index contributed by atoms with van der Waals surface area (Å²) in [4.78, 5) is 15.5. The fraction of sp³-hybridized carbons (Fsp3) is 0.462. The summed E-state index contributed by atoms with van der Waals surface area (Å²) in [5, 5.41) is 6.73. The number of likely N-dealkylation sites (N-methyl/N-ethyl adjacent to an activating group) is 1. The molecule has 0 bridgehead atoms. The second-order valence-electron chi connectivity index (χ2n) is 4.48. The lowest BCUT2D eigenvalue weighted by atomic mass is 10.1. The van der Waals surface area contributed by atoms with Crippen LogP contribution in [0.5, 0.6) is 0 Å². The first-order valence-corrected chi connectivity index (χ1v) is 7.36. The lowest BCUT2D eigenvalue weighted by molar-refractivity contribution is 0.0776. The first-order chi connectivity index (χ1) is 8.79. The Bertz CT molecular complexity index is 489. The molecule has 1 amide bonds. The van der Waals surface area contributed by atoms with Crippen LogP contribution >= 0.6 is 11.8 Å². The maximum Gasteiger partial charge on any atom is 0.256 e. The Morgan fingerprint density at radius 2 is 2.11 bits per heavy atom. The Kier molecular flexibility index (Phi) is 3.07. The Labute approximate surface area is 111 Å². The monoisotopic (exact) mass is 263 g/mol. The molecule has 2 heterocycles. The van der Waals surface area contributed by atoms with Crippen LogP contribution in [0.4, 0.5) is 11.4 Å². The van der Waals surface area contributed by atoms with Gasteiger partial charge < -0.3 is 15.5 Å². The molecule has 0 unspecified atom stereocenters. The molecule has 3 rings (SSSR count). The highest BCUT2D eigenvalue weighted by atomic mass is 32.2. The molecule has 0 saturated carbocycles. The topological polar surface area (TPSA) is 44.4 Å². The van der Waals surface area contributed by atoms with Gasteiger partial charge in [0, 0.05) is 48.2 Å². The van der Waals surface area contributed by atoms with Crippen LogP contribution in [0.2, 0.25) is 0 Å². The Morgan fingerprint density at radius 3 is 2.94 bits per heavy atom. The van der Waals surface area contributed by atoms with E-state index in [0.29, 0.717) is 0 Å². The third kappa shape index (κ3) is 1.92. The summed E-state index contributed by atoms with van der Waals surface area (Å²) < 4.78 is 0. The van der Waals surface area contributed by atoms with E-state index in [2.05, 4.69) is 16.7 Å². The summed E-state index contributed by atoms with van der Waals surface area (Å²) in [6.07, 6.45) is 0. The van der Waals surface area contributed by atoms with Gasteiger partial charge in [-0.3, -0.25) is 4.79 Å². The molecular formula is C13H17N3OS. The number of anilines is 2. The average molecular weight is 263 g/mol. The van der Waals surface area contributed by atoms with Gasteiger partial charge in [-0.15, -0.1) is 11.8 Å². The van der Waals surface area contributed by atoms with Gasteiger partial charge in [-0.05, 0) is 19.1 Å². The lowest BCUT2D eigenvalue weighted by Crippen LogP contribution is -2.32. The van der Waals surface area contributed by atoms with Crippen molar-refractivity contribution in [3.63, 3.8) is 0 Å². The Hall–Kier alpha value is -1.36. The molecule has 0 radical (unpaired) electrons. The summed E-state index contributed by atoms with van der Waals surface area (Å²) in [6, 6.07) is 4.11. The van der Waals surface area contributed by atoms with E-state index in [1.165, 1.54) is 4.90 Å². The van der Waals surface area contributed by atoms with E-state index in [4.69, 9.17) is 0 Å². The van der Waals surface area contributed by atoms with Crippen LogP contribution in [0.25, 0.3) is 0 Å². The summed E-state index contributed by atoms with van der Waals surface area (Å²) in [6.45, 7) is 5.35. The van der Waals surface area contributed by atoms with Gasteiger partial charge in [-0.2, -0.15) is 0 Å². The average Bonchev–Trinajstić information content (AvgIpc) is 2.56. The molecule has 0 saturated heterocycles. The molecule has 0 aromatic heterocycles. The predicted octanol–water partition coefficient (Wildman–Crippen LogP) is 2.09. The van der Waals surface area contributed by atoms with Crippen molar-refractivity contribution in [2.45, 2.75) is 11.8 Å². The van der Waals surface area contributed by atoms with Gasteiger partial charge in [-0.25, -0.2) is 0 Å². The molecule has 0 atom stereocenters. The quantitative estimate of drug-likeness (QED) is 0.814. The number of rotatable bonds is 1. The van der Waals surface area contributed by atoms with Crippen LogP contribution in [0.1, 0.15) is 17.3 Å². The zero-order valence-corrected chi connectivity index (χ0v) is 11.3. The second-order valence-corrected chi connectivity index (χ2v) is 5.62. The number of hydrogen-bond donors (Lipinski definition) is 2. The minimum atomic E-state index is 0.137. The number of amides is 1. The molecular weight excluding hydrogens is 246 g/mol. The minimum absolute atomic E-state index is 0.137. The molecule has 2 N–H and O–H groups in total. The van der Waals surface area contributed by atoms with Crippen molar-refractivity contribution in [3.05, 3.63) is 17.7 Å². The number of fused-ring (bicyclic) bond motifs is 2. The molecule has 0 aliphatic carbocycles. The third-order valence-corrected chi connectivity index (χ3v) is 4.45. The van der Waals surface area contributed by atoms with E-state index < -0.39 is 0 Å². The van der Waals surface area contributed by atoms with Crippen molar-refractivity contribution in [2.75, 3.05) is 42.6 Å². The van der Waals surface area contributed by atoms with Crippen LogP contribution in [-0.2, 0) is 0 Å². The van der Waals surface area contributed by atoms with Crippen LogP contribution < -0.4 is 10.6 Å². The van der Waals surface area contributed by atoms with Gasteiger partial charge in [0.25, 0.3) is 5.91 Å². The zero-order valence-electron chi connectivity index (χ0n) is 10.5. The van der Waals surface area contributed by atoms with Crippen molar-refractivity contribution in [2.24, 2.45) is 0 Å². The summed E-state index contributed by atoms with van der Waals surface area (Å²) in [5.74, 6) is 1.22.